The Bertz CT molecular complexity index is 374. The molecule has 98 valence electrons. The van der Waals surface area contributed by atoms with Gasteiger partial charge in [-0.1, -0.05) is 18.9 Å². The first-order valence-corrected chi connectivity index (χ1v) is 6.68. The molecular weight excluding hydrogens is 226 g/mol. The van der Waals surface area contributed by atoms with E-state index in [2.05, 4.69) is 15.6 Å². The molecule has 0 spiro atoms. The minimum absolute atomic E-state index is 0.0107. The molecule has 1 heterocycles. The number of rotatable bonds is 5. The van der Waals surface area contributed by atoms with Crippen molar-refractivity contribution in [2.45, 2.75) is 44.7 Å². The minimum atomic E-state index is 0.0107. The van der Waals surface area contributed by atoms with E-state index in [4.69, 9.17) is 0 Å². The normalized spacial score (nSPS) is 17.6. The van der Waals surface area contributed by atoms with Gasteiger partial charge in [-0.3, -0.25) is 9.78 Å². The Balaban J connectivity index is 1.73. The van der Waals surface area contributed by atoms with Gasteiger partial charge in [0.05, 0.1) is 12.6 Å². The third-order valence-electron chi connectivity index (χ3n) is 3.47. The molecule has 1 amide bonds. The molecule has 0 aromatic carbocycles. The first-order valence-electron chi connectivity index (χ1n) is 6.68. The first kappa shape index (κ1) is 13.0. The van der Waals surface area contributed by atoms with Gasteiger partial charge < -0.3 is 10.6 Å². The molecule has 2 rings (SSSR count). The molecule has 0 bridgehead atoms. The summed E-state index contributed by atoms with van der Waals surface area (Å²) in [6.45, 7) is 2.39. The van der Waals surface area contributed by atoms with E-state index in [1.807, 2.05) is 19.1 Å². The zero-order chi connectivity index (χ0) is 12.8. The van der Waals surface area contributed by atoms with E-state index in [0.29, 0.717) is 12.6 Å². The molecule has 4 nitrogen and oxygen atoms in total. The van der Waals surface area contributed by atoms with Crippen LogP contribution >= 0.6 is 0 Å². The highest BCUT2D eigenvalue weighted by Crippen LogP contribution is 2.17. The average Bonchev–Trinajstić information content (AvgIpc) is 2.90. The summed E-state index contributed by atoms with van der Waals surface area (Å²) in [5, 5.41) is 6.29. The lowest BCUT2D eigenvalue weighted by Crippen LogP contribution is -2.39. The van der Waals surface area contributed by atoms with Gasteiger partial charge in [-0.15, -0.1) is 0 Å². The molecule has 0 unspecified atom stereocenters. The van der Waals surface area contributed by atoms with E-state index >= 15 is 0 Å². The van der Waals surface area contributed by atoms with Crippen LogP contribution in [0.5, 0.6) is 0 Å². The van der Waals surface area contributed by atoms with Crippen LogP contribution in [0.25, 0.3) is 0 Å². The number of amides is 1. The van der Waals surface area contributed by atoms with Crippen LogP contribution in [0.1, 0.15) is 44.2 Å². The number of carbonyl (C=O) groups excluding carboxylic acids is 1. The van der Waals surface area contributed by atoms with Gasteiger partial charge in [-0.05, 0) is 31.4 Å². The molecule has 1 aromatic heterocycles. The second kappa shape index (κ2) is 6.50. The summed E-state index contributed by atoms with van der Waals surface area (Å²) in [4.78, 5) is 15.8. The number of carbonyl (C=O) groups is 1. The third-order valence-corrected chi connectivity index (χ3v) is 3.47. The lowest BCUT2D eigenvalue weighted by atomic mass is 10.1. The summed E-state index contributed by atoms with van der Waals surface area (Å²) in [7, 11) is 0. The number of hydrogen-bond donors (Lipinski definition) is 2. The van der Waals surface area contributed by atoms with Crippen molar-refractivity contribution in [2.75, 3.05) is 6.54 Å². The van der Waals surface area contributed by atoms with Gasteiger partial charge in [0.1, 0.15) is 0 Å². The molecule has 1 aromatic rings. The fourth-order valence-corrected chi connectivity index (χ4v) is 2.37. The van der Waals surface area contributed by atoms with E-state index in [0.717, 1.165) is 5.56 Å². The molecule has 18 heavy (non-hydrogen) atoms. The summed E-state index contributed by atoms with van der Waals surface area (Å²) in [6.07, 6.45) is 8.49. The van der Waals surface area contributed by atoms with E-state index in [1.165, 1.54) is 25.7 Å². The van der Waals surface area contributed by atoms with Gasteiger partial charge in [0.15, 0.2) is 0 Å². The molecule has 2 N–H and O–H groups in total. The zero-order valence-electron chi connectivity index (χ0n) is 10.9. The Morgan fingerprint density at radius 2 is 2.28 bits per heavy atom. The van der Waals surface area contributed by atoms with Gasteiger partial charge in [-0.2, -0.15) is 0 Å². The maximum Gasteiger partial charge on any atom is 0.234 e. The summed E-state index contributed by atoms with van der Waals surface area (Å²) in [6, 6.07) is 4.40. The smallest absolute Gasteiger partial charge is 0.234 e. The lowest BCUT2D eigenvalue weighted by Gasteiger charge is -2.16. The van der Waals surface area contributed by atoms with Crippen molar-refractivity contribution in [1.82, 2.24) is 15.6 Å². The Morgan fingerprint density at radius 3 is 2.94 bits per heavy atom. The predicted octanol–water partition coefficient (Wildman–Crippen LogP) is 1.79. The van der Waals surface area contributed by atoms with E-state index in [9.17, 15) is 4.79 Å². The lowest BCUT2D eigenvalue weighted by molar-refractivity contribution is -0.121. The standard InChI is InChI=1S/C14H21N3O/c1-11(12-5-4-8-15-9-12)17-14(18)10-16-13-6-2-3-7-13/h4-5,8-9,11,13,16H,2-3,6-7,10H2,1H3,(H,17,18)/t11-/m1/s1. The molecule has 1 aliphatic carbocycles. The van der Waals surface area contributed by atoms with E-state index < -0.39 is 0 Å². The van der Waals surface area contributed by atoms with Gasteiger partial charge in [0.25, 0.3) is 0 Å². The highest BCUT2D eigenvalue weighted by molar-refractivity contribution is 5.78. The molecule has 1 fully saturated rings. The Kier molecular flexibility index (Phi) is 4.70. The molecule has 0 aliphatic heterocycles. The quantitative estimate of drug-likeness (QED) is 0.834. The fraction of sp³-hybridized carbons (Fsp3) is 0.571. The van der Waals surface area contributed by atoms with Crippen molar-refractivity contribution >= 4 is 5.91 Å². The second-order valence-corrected chi connectivity index (χ2v) is 4.94. The Labute approximate surface area is 108 Å². The van der Waals surface area contributed by atoms with Crippen molar-refractivity contribution < 1.29 is 4.79 Å². The number of pyridine rings is 1. The molecule has 1 saturated carbocycles. The maximum absolute atomic E-state index is 11.8. The van der Waals surface area contributed by atoms with Crippen LogP contribution < -0.4 is 10.6 Å². The topological polar surface area (TPSA) is 54.0 Å². The van der Waals surface area contributed by atoms with Crippen LogP contribution in [0.4, 0.5) is 0 Å². The minimum Gasteiger partial charge on any atom is -0.348 e. The SMILES string of the molecule is C[C@@H](NC(=O)CNC1CCCC1)c1cccnc1. The zero-order valence-corrected chi connectivity index (χ0v) is 10.9. The molecule has 1 atom stereocenters. The van der Waals surface area contributed by atoms with Crippen LogP contribution in [0, 0.1) is 0 Å². The van der Waals surface area contributed by atoms with Crippen LogP contribution in [0.3, 0.4) is 0 Å². The molecule has 4 heteroatoms. The molecular formula is C14H21N3O. The first-order chi connectivity index (χ1) is 8.75. The van der Waals surface area contributed by atoms with Crippen LogP contribution in [-0.2, 0) is 4.79 Å². The van der Waals surface area contributed by atoms with Crippen molar-refractivity contribution in [2.24, 2.45) is 0 Å². The largest absolute Gasteiger partial charge is 0.348 e. The average molecular weight is 247 g/mol. The van der Waals surface area contributed by atoms with E-state index in [1.54, 1.807) is 12.4 Å². The third kappa shape index (κ3) is 3.81. The highest BCUT2D eigenvalue weighted by Gasteiger charge is 2.16. The number of nitrogens with zero attached hydrogens (tertiary/aromatic N) is 1. The van der Waals surface area contributed by atoms with Crippen LogP contribution in [0.2, 0.25) is 0 Å². The predicted molar refractivity (Wildman–Crippen MR) is 71.1 cm³/mol. The second-order valence-electron chi connectivity index (χ2n) is 4.94. The van der Waals surface area contributed by atoms with Gasteiger partial charge in [-0.25, -0.2) is 0 Å². The molecule has 0 saturated heterocycles. The van der Waals surface area contributed by atoms with Crippen molar-refractivity contribution in [3.8, 4) is 0 Å². The van der Waals surface area contributed by atoms with Gasteiger partial charge in [0.2, 0.25) is 5.91 Å². The number of hydrogen-bond acceptors (Lipinski definition) is 3. The number of nitrogens with one attached hydrogen (secondary N) is 2. The number of aromatic nitrogens is 1. The van der Waals surface area contributed by atoms with Crippen molar-refractivity contribution in [3.05, 3.63) is 30.1 Å². The van der Waals surface area contributed by atoms with Gasteiger partial charge in [0, 0.05) is 18.4 Å². The summed E-state index contributed by atoms with van der Waals surface area (Å²) in [5.41, 5.74) is 1.03. The Morgan fingerprint density at radius 1 is 1.50 bits per heavy atom. The van der Waals surface area contributed by atoms with E-state index in [-0.39, 0.29) is 11.9 Å². The monoisotopic (exact) mass is 247 g/mol. The van der Waals surface area contributed by atoms with Crippen LogP contribution in [-0.4, -0.2) is 23.5 Å². The summed E-state index contributed by atoms with van der Waals surface area (Å²) in [5.74, 6) is 0.0539. The fourth-order valence-electron chi connectivity index (χ4n) is 2.37. The van der Waals surface area contributed by atoms with Crippen molar-refractivity contribution in [3.63, 3.8) is 0 Å². The Hall–Kier alpha value is -1.42. The van der Waals surface area contributed by atoms with Crippen LogP contribution in [0.15, 0.2) is 24.5 Å². The molecule has 0 radical (unpaired) electrons. The highest BCUT2D eigenvalue weighted by atomic mass is 16.1. The summed E-state index contributed by atoms with van der Waals surface area (Å²) >= 11 is 0. The summed E-state index contributed by atoms with van der Waals surface area (Å²) < 4.78 is 0. The maximum atomic E-state index is 11.8. The van der Waals surface area contributed by atoms with Crippen molar-refractivity contribution in [1.29, 1.82) is 0 Å². The van der Waals surface area contributed by atoms with Gasteiger partial charge >= 0.3 is 0 Å². The molecule has 1 aliphatic rings.